The maximum Gasteiger partial charge on any atom is 0.329 e. The van der Waals surface area contributed by atoms with Crippen molar-refractivity contribution in [2.45, 2.75) is 51.7 Å². The van der Waals surface area contributed by atoms with Gasteiger partial charge in [-0.3, -0.25) is 4.79 Å². The Morgan fingerprint density at radius 3 is 1.95 bits per heavy atom. The quantitative estimate of drug-likeness (QED) is 0.198. The molecule has 6 nitrogen and oxygen atoms in total. The Bertz CT molecular complexity index is 1500. The largest absolute Gasteiger partial charge is 0.461 e. The first-order valence-corrected chi connectivity index (χ1v) is 13.9. The maximum absolute atomic E-state index is 14.1. The number of esters is 1. The number of ether oxygens (including phenoxy) is 1. The van der Waals surface area contributed by atoms with Crippen LogP contribution in [0.4, 0.5) is 0 Å². The van der Waals surface area contributed by atoms with Crippen LogP contribution in [-0.4, -0.2) is 34.0 Å². The van der Waals surface area contributed by atoms with E-state index in [0.29, 0.717) is 19.3 Å². The van der Waals surface area contributed by atoms with Gasteiger partial charge in [0.05, 0.1) is 12.4 Å². The van der Waals surface area contributed by atoms with Crippen molar-refractivity contribution >= 4 is 33.4 Å². The van der Waals surface area contributed by atoms with E-state index < -0.39 is 17.9 Å². The minimum atomic E-state index is -0.829. The zero-order valence-corrected chi connectivity index (χ0v) is 23.0. The summed E-state index contributed by atoms with van der Waals surface area (Å²) in [6.45, 7) is 3.82. The van der Waals surface area contributed by atoms with E-state index in [4.69, 9.17) is 4.74 Å². The van der Waals surface area contributed by atoms with Crippen molar-refractivity contribution in [2.24, 2.45) is 5.92 Å². The van der Waals surface area contributed by atoms with Gasteiger partial charge >= 0.3 is 5.97 Å². The molecule has 0 aliphatic carbocycles. The highest BCUT2D eigenvalue weighted by Gasteiger charge is 2.29. The third kappa shape index (κ3) is 6.40. The molecule has 0 saturated heterocycles. The van der Waals surface area contributed by atoms with Crippen molar-refractivity contribution < 1.29 is 14.3 Å². The first-order chi connectivity index (χ1) is 19.5. The van der Waals surface area contributed by atoms with Crippen molar-refractivity contribution in [1.29, 1.82) is 0 Å². The second kappa shape index (κ2) is 12.6. The monoisotopic (exact) mass is 533 g/mol. The van der Waals surface area contributed by atoms with E-state index >= 15 is 0 Å². The molecule has 1 aromatic heterocycles. The van der Waals surface area contributed by atoms with Gasteiger partial charge in [-0.2, -0.15) is 0 Å². The number of aromatic amines is 1. The van der Waals surface area contributed by atoms with E-state index in [9.17, 15) is 9.59 Å². The van der Waals surface area contributed by atoms with Crippen LogP contribution in [0.5, 0.6) is 0 Å². The minimum Gasteiger partial charge on any atom is -0.461 e. The number of carbonyl (C=O) groups is 2. The zero-order chi connectivity index (χ0) is 27.9. The number of H-pyrrole nitrogens is 1. The molecule has 1 heterocycles. The lowest BCUT2D eigenvalue weighted by molar-refractivity contribution is -0.152. The molecule has 0 aliphatic heterocycles. The Morgan fingerprint density at radius 1 is 0.825 bits per heavy atom. The topological polar surface area (TPSA) is 84.1 Å². The van der Waals surface area contributed by atoms with Crippen LogP contribution in [0, 0.1) is 5.92 Å². The number of hydrogen-bond acceptors (Lipinski definition) is 4. The van der Waals surface area contributed by atoms with Gasteiger partial charge in [0.15, 0.2) is 0 Å². The van der Waals surface area contributed by atoms with Gasteiger partial charge in [0.25, 0.3) is 0 Å². The SMILES string of the molecule is CCC(C)OC(=O)[C@H](Cc1cnc[nH]1)NC(=O)C(Cc1cccc2ccccc12)Cc1cccc2ccccc12. The summed E-state index contributed by atoms with van der Waals surface area (Å²) in [6.07, 6.45) is 5.03. The van der Waals surface area contributed by atoms with Crippen molar-refractivity contribution in [2.75, 3.05) is 0 Å². The van der Waals surface area contributed by atoms with Crippen molar-refractivity contribution in [3.8, 4) is 0 Å². The average Bonchev–Trinajstić information content (AvgIpc) is 3.50. The van der Waals surface area contributed by atoms with E-state index in [1.54, 1.807) is 12.5 Å². The first kappa shape index (κ1) is 27.1. The fourth-order valence-corrected chi connectivity index (χ4v) is 5.19. The second-order valence-corrected chi connectivity index (χ2v) is 10.4. The normalized spacial score (nSPS) is 12.9. The van der Waals surface area contributed by atoms with Crippen LogP contribution in [0.1, 0.15) is 37.1 Å². The second-order valence-electron chi connectivity index (χ2n) is 10.4. The van der Waals surface area contributed by atoms with Crippen molar-refractivity contribution in [3.63, 3.8) is 0 Å². The molecule has 2 atom stereocenters. The standard InChI is InChI=1S/C34H35N3O3/c1-3-23(2)40-34(39)32(20-29-21-35-22-36-29)37-33(38)28(18-26-14-8-12-24-10-4-6-16-30(24)26)19-27-15-9-13-25-11-5-7-17-31(25)27/h4-17,21-23,28,32H,3,18-20H2,1-2H3,(H,35,36)(H,37,38)/t23?,32-/m0/s1. The van der Waals surface area contributed by atoms with E-state index in [0.717, 1.165) is 38.4 Å². The number of amides is 1. The Kier molecular flexibility index (Phi) is 8.55. The van der Waals surface area contributed by atoms with E-state index in [-0.39, 0.29) is 18.4 Å². The molecular formula is C34H35N3O3. The number of hydrogen-bond donors (Lipinski definition) is 2. The summed E-state index contributed by atoms with van der Waals surface area (Å²) < 4.78 is 5.65. The predicted molar refractivity (Wildman–Crippen MR) is 159 cm³/mol. The molecule has 5 aromatic rings. The molecule has 2 N–H and O–H groups in total. The summed E-state index contributed by atoms with van der Waals surface area (Å²) in [6, 6.07) is 28.1. The highest BCUT2D eigenvalue weighted by molar-refractivity contribution is 5.90. The summed E-state index contributed by atoms with van der Waals surface area (Å²) in [5.74, 6) is -1.02. The Balaban J connectivity index is 1.47. The Hall–Kier alpha value is -4.45. The fraction of sp³-hybridized carbons (Fsp3) is 0.265. The molecule has 6 heteroatoms. The van der Waals surface area contributed by atoms with E-state index in [2.05, 4.69) is 63.8 Å². The van der Waals surface area contributed by atoms with Gasteiger partial charge in [-0.15, -0.1) is 0 Å². The van der Waals surface area contributed by atoms with Crippen LogP contribution in [0.25, 0.3) is 21.5 Å². The van der Waals surface area contributed by atoms with Crippen molar-refractivity contribution in [3.05, 3.63) is 114 Å². The highest BCUT2D eigenvalue weighted by Crippen LogP contribution is 2.26. The summed E-state index contributed by atoms with van der Waals surface area (Å²) in [7, 11) is 0. The van der Waals surface area contributed by atoms with Gasteiger partial charge in [-0.05, 0) is 58.9 Å². The Labute approximate surface area is 234 Å². The predicted octanol–water partition coefficient (Wildman–Crippen LogP) is 6.19. The molecule has 5 rings (SSSR count). The number of fused-ring (bicyclic) bond motifs is 2. The van der Waals surface area contributed by atoms with Crippen LogP contribution >= 0.6 is 0 Å². The average molecular weight is 534 g/mol. The maximum atomic E-state index is 14.1. The molecule has 1 amide bonds. The molecule has 0 spiro atoms. The molecule has 1 unspecified atom stereocenters. The zero-order valence-electron chi connectivity index (χ0n) is 23.0. The number of rotatable bonds is 11. The number of benzene rings is 4. The third-order valence-corrected chi connectivity index (χ3v) is 7.54. The summed E-state index contributed by atoms with van der Waals surface area (Å²) in [5, 5.41) is 7.60. The van der Waals surface area contributed by atoms with Crippen LogP contribution in [0.3, 0.4) is 0 Å². The van der Waals surface area contributed by atoms with Gasteiger partial charge in [-0.1, -0.05) is 91.9 Å². The summed E-state index contributed by atoms with van der Waals surface area (Å²) >= 11 is 0. The summed E-state index contributed by atoms with van der Waals surface area (Å²) in [5.41, 5.74) is 2.96. The molecular weight excluding hydrogens is 498 g/mol. The lowest BCUT2D eigenvalue weighted by atomic mass is 9.87. The van der Waals surface area contributed by atoms with Gasteiger partial charge in [0.2, 0.25) is 5.91 Å². The molecule has 0 aliphatic rings. The Morgan fingerprint density at radius 2 is 1.40 bits per heavy atom. The fourth-order valence-electron chi connectivity index (χ4n) is 5.19. The highest BCUT2D eigenvalue weighted by atomic mass is 16.5. The minimum absolute atomic E-state index is 0.175. The van der Waals surface area contributed by atoms with Crippen LogP contribution in [0.2, 0.25) is 0 Å². The van der Waals surface area contributed by atoms with Crippen LogP contribution < -0.4 is 5.32 Å². The third-order valence-electron chi connectivity index (χ3n) is 7.54. The molecule has 40 heavy (non-hydrogen) atoms. The molecule has 0 radical (unpaired) electrons. The van der Waals surface area contributed by atoms with E-state index in [1.807, 2.05) is 50.2 Å². The lowest BCUT2D eigenvalue weighted by Crippen LogP contribution is -2.47. The van der Waals surface area contributed by atoms with Gasteiger partial charge < -0.3 is 15.0 Å². The van der Waals surface area contributed by atoms with Crippen LogP contribution in [0.15, 0.2) is 97.5 Å². The number of nitrogens with one attached hydrogen (secondary N) is 2. The summed E-state index contributed by atoms with van der Waals surface area (Å²) in [4.78, 5) is 34.4. The smallest absolute Gasteiger partial charge is 0.329 e. The van der Waals surface area contributed by atoms with Crippen LogP contribution in [-0.2, 0) is 33.6 Å². The van der Waals surface area contributed by atoms with Gasteiger partial charge in [-0.25, -0.2) is 9.78 Å². The molecule has 0 fully saturated rings. The number of imidazole rings is 1. The number of nitrogens with zero attached hydrogens (tertiary/aromatic N) is 1. The molecule has 204 valence electrons. The number of aromatic nitrogens is 2. The van der Waals surface area contributed by atoms with E-state index in [1.165, 1.54) is 0 Å². The molecule has 0 saturated carbocycles. The lowest BCUT2D eigenvalue weighted by Gasteiger charge is -2.24. The van der Waals surface area contributed by atoms with Gasteiger partial charge in [0.1, 0.15) is 6.04 Å². The molecule has 0 bridgehead atoms. The van der Waals surface area contributed by atoms with Gasteiger partial charge in [0, 0.05) is 24.2 Å². The first-order valence-electron chi connectivity index (χ1n) is 13.9. The van der Waals surface area contributed by atoms with Crippen molar-refractivity contribution in [1.82, 2.24) is 15.3 Å². The number of carbonyl (C=O) groups excluding carboxylic acids is 2. The molecule has 4 aromatic carbocycles.